The second-order valence-corrected chi connectivity index (χ2v) is 7.98. The Morgan fingerprint density at radius 3 is 2.66 bits per heavy atom. The van der Waals surface area contributed by atoms with E-state index >= 15 is 0 Å². The quantitative estimate of drug-likeness (QED) is 0.640. The molecule has 1 fully saturated rings. The van der Waals surface area contributed by atoms with Crippen molar-refractivity contribution >= 4 is 28.4 Å². The Hall–Kier alpha value is -2.37. The highest BCUT2D eigenvalue weighted by Gasteiger charge is 2.22. The summed E-state index contributed by atoms with van der Waals surface area (Å²) in [7, 11) is 0. The molecule has 1 aromatic heterocycles. The molecule has 152 valence electrons. The van der Waals surface area contributed by atoms with Crippen LogP contribution in [-0.4, -0.2) is 46.9 Å². The molecule has 0 radical (unpaired) electrons. The van der Waals surface area contributed by atoms with E-state index in [2.05, 4.69) is 22.0 Å². The summed E-state index contributed by atoms with van der Waals surface area (Å²) in [5.41, 5.74) is 2.94. The Kier molecular flexibility index (Phi) is 6.16. The number of halogens is 2. The molecule has 4 rings (SSSR count). The van der Waals surface area contributed by atoms with Gasteiger partial charge in [-0.15, -0.1) is 0 Å². The molecular weight excluding hydrogens is 389 g/mol. The van der Waals surface area contributed by atoms with E-state index < -0.39 is 0 Å². The first-order valence-electron chi connectivity index (χ1n) is 10.1. The van der Waals surface area contributed by atoms with E-state index in [1.54, 1.807) is 12.1 Å². The zero-order valence-electron chi connectivity index (χ0n) is 16.3. The second-order valence-electron chi connectivity index (χ2n) is 7.57. The first-order valence-corrected chi connectivity index (χ1v) is 10.5. The summed E-state index contributed by atoms with van der Waals surface area (Å²) in [4.78, 5) is 19.9. The van der Waals surface area contributed by atoms with Gasteiger partial charge < -0.3 is 9.88 Å². The molecule has 4 nitrogen and oxygen atoms in total. The van der Waals surface area contributed by atoms with Gasteiger partial charge in [0.15, 0.2) is 0 Å². The molecule has 0 bridgehead atoms. The number of benzene rings is 2. The van der Waals surface area contributed by atoms with Gasteiger partial charge in [0.2, 0.25) is 5.91 Å². The van der Waals surface area contributed by atoms with Crippen LogP contribution < -0.4 is 0 Å². The van der Waals surface area contributed by atoms with Crippen LogP contribution in [0, 0.1) is 5.82 Å². The highest BCUT2D eigenvalue weighted by molar-refractivity contribution is 6.31. The Balaban J connectivity index is 1.24. The molecule has 0 aliphatic carbocycles. The highest BCUT2D eigenvalue weighted by atomic mass is 35.5. The van der Waals surface area contributed by atoms with E-state index in [1.807, 2.05) is 23.2 Å². The number of rotatable bonds is 6. The number of hydrogen-bond donors (Lipinski definition) is 1. The number of nitrogens with one attached hydrogen (secondary N) is 1. The van der Waals surface area contributed by atoms with Crippen molar-refractivity contribution in [1.82, 2.24) is 14.8 Å². The minimum Gasteiger partial charge on any atom is -0.361 e. The zero-order valence-corrected chi connectivity index (χ0v) is 17.1. The van der Waals surface area contributed by atoms with Crippen LogP contribution in [0.1, 0.15) is 24.0 Å². The van der Waals surface area contributed by atoms with E-state index in [0.717, 1.165) is 31.4 Å². The fraction of sp³-hybridized carbons (Fsp3) is 0.348. The van der Waals surface area contributed by atoms with Gasteiger partial charge in [-0.05, 0) is 36.6 Å². The van der Waals surface area contributed by atoms with Gasteiger partial charge in [-0.25, -0.2) is 4.39 Å². The molecule has 29 heavy (non-hydrogen) atoms. The number of aromatic amines is 1. The molecule has 0 atom stereocenters. The lowest BCUT2D eigenvalue weighted by molar-refractivity contribution is -0.133. The maximum Gasteiger partial charge on any atom is 0.222 e. The summed E-state index contributed by atoms with van der Waals surface area (Å²) in [6.07, 6.45) is 4.33. The lowest BCUT2D eigenvalue weighted by Crippen LogP contribution is -2.48. The number of para-hydroxylation sites is 1. The summed E-state index contributed by atoms with van der Waals surface area (Å²) >= 11 is 6.13. The largest absolute Gasteiger partial charge is 0.361 e. The first-order chi connectivity index (χ1) is 14.1. The SMILES string of the molecule is O=C(CCCc1c[nH]c2ccccc12)N1CCN(Cc2c(F)cccc2Cl)CC1. The number of aromatic nitrogens is 1. The predicted octanol–water partition coefficient (Wildman–Crippen LogP) is 4.63. The predicted molar refractivity (Wildman–Crippen MR) is 115 cm³/mol. The number of amides is 1. The van der Waals surface area contributed by atoms with Crippen LogP contribution in [0.25, 0.3) is 10.9 Å². The average Bonchev–Trinajstić information content (AvgIpc) is 3.14. The standard InChI is InChI=1S/C23H25ClFN3O/c24-20-7-4-8-21(25)19(20)16-27-11-13-28(14-12-27)23(29)10-3-5-17-15-26-22-9-2-1-6-18(17)22/h1-2,4,6-9,15,26H,3,5,10-14,16H2. The van der Waals surface area contributed by atoms with Crippen LogP contribution >= 0.6 is 11.6 Å². The maximum atomic E-state index is 14.0. The van der Waals surface area contributed by atoms with Crippen LogP contribution in [0.4, 0.5) is 4.39 Å². The van der Waals surface area contributed by atoms with E-state index in [9.17, 15) is 9.18 Å². The normalized spacial score (nSPS) is 15.2. The molecule has 0 unspecified atom stereocenters. The zero-order chi connectivity index (χ0) is 20.2. The van der Waals surface area contributed by atoms with Gasteiger partial charge in [-0.1, -0.05) is 35.9 Å². The fourth-order valence-electron chi connectivity index (χ4n) is 3.99. The van der Waals surface area contributed by atoms with Crippen molar-refractivity contribution in [2.24, 2.45) is 0 Å². The minimum absolute atomic E-state index is 0.202. The van der Waals surface area contributed by atoms with Crippen LogP contribution in [-0.2, 0) is 17.8 Å². The Morgan fingerprint density at radius 2 is 1.86 bits per heavy atom. The van der Waals surface area contributed by atoms with Crippen LogP contribution in [0.3, 0.4) is 0 Å². The van der Waals surface area contributed by atoms with Gasteiger partial charge in [0.05, 0.1) is 0 Å². The van der Waals surface area contributed by atoms with Gasteiger partial charge in [0.25, 0.3) is 0 Å². The van der Waals surface area contributed by atoms with Gasteiger partial charge in [-0.3, -0.25) is 9.69 Å². The molecule has 1 saturated heterocycles. The van der Waals surface area contributed by atoms with Gasteiger partial charge in [-0.2, -0.15) is 0 Å². The molecule has 1 aliphatic heterocycles. The lowest BCUT2D eigenvalue weighted by Gasteiger charge is -2.35. The molecule has 2 heterocycles. The molecule has 6 heteroatoms. The summed E-state index contributed by atoms with van der Waals surface area (Å²) in [6, 6.07) is 13.0. The monoisotopic (exact) mass is 413 g/mol. The topological polar surface area (TPSA) is 39.3 Å². The Labute approximate surface area is 175 Å². The van der Waals surface area contributed by atoms with Crippen molar-refractivity contribution in [1.29, 1.82) is 0 Å². The number of nitrogens with zero attached hydrogens (tertiary/aromatic N) is 2. The third-order valence-electron chi connectivity index (χ3n) is 5.68. The Morgan fingerprint density at radius 1 is 1.07 bits per heavy atom. The number of aryl methyl sites for hydroxylation is 1. The second kappa shape index (κ2) is 8.97. The minimum atomic E-state index is -0.270. The lowest BCUT2D eigenvalue weighted by atomic mass is 10.1. The van der Waals surface area contributed by atoms with Crippen molar-refractivity contribution in [3.05, 3.63) is 70.6 Å². The molecule has 2 aromatic carbocycles. The van der Waals surface area contributed by atoms with Gasteiger partial charge in [0.1, 0.15) is 5.82 Å². The smallest absolute Gasteiger partial charge is 0.222 e. The van der Waals surface area contributed by atoms with Crippen molar-refractivity contribution in [2.45, 2.75) is 25.8 Å². The molecular formula is C23H25ClFN3O. The molecule has 1 N–H and O–H groups in total. The first kappa shape index (κ1) is 19.9. The Bertz CT molecular complexity index is 974. The van der Waals surface area contributed by atoms with Crippen molar-refractivity contribution < 1.29 is 9.18 Å². The fourth-order valence-corrected chi connectivity index (χ4v) is 4.21. The number of fused-ring (bicyclic) bond motifs is 1. The molecule has 1 amide bonds. The van der Waals surface area contributed by atoms with Crippen molar-refractivity contribution in [2.75, 3.05) is 26.2 Å². The maximum absolute atomic E-state index is 14.0. The number of carbonyl (C=O) groups excluding carboxylic acids is 1. The van der Waals surface area contributed by atoms with Gasteiger partial charge in [0, 0.05) is 66.8 Å². The third kappa shape index (κ3) is 4.62. The molecule has 0 spiro atoms. The highest BCUT2D eigenvalue weighted by Crippen LogP contribution is 2.22. The van der Waals surface area contributed by atoms with E-state index in [4.69, 9.17) is 11.6 Å². The number of carbonyl (C=O) groups is 1. The summed E-state index contributed by atoms with van der Waals surface area (Å²) in [5.74, 6) is -0.0679. The molecule has 3 aromatic rings. The van der Waals surface area contributed by atoms with E-state index in [-0.39, 0.29) is 11.7 Å². The van der Waals surface area contributed by atoms with E-state index in [1.165, 1.54) is 17.0 Å². The summed E-state index contributed by atoms with van der Waals surface area (Å²) in [5, 5.41) is 1.70. The van der Waals surface area contributed by atoms with Crippen LogP contribution in [0.15, 0.2) is 48.7 Å². The summed E-state index contributed by atoms with van der Waals surface area (Å²) < 4.78 is 14.0. The van der Waals surface area contributed by atoms with Crippen LogP contribution in [0.2, 0.25) is 5.02 Å². The third-order valence-corrected chi connectivity index (χ3v) is 6.03. The van der Waals surface area contributed by atoms with Crippen molar-refractivity contribution in [3.8, 4) is 0 Å². The number of piperazine rings is 1. The average molecular weight is 414 g/mol. The van der Waals surface area contributed by atoms with Gasteiger partial charge >= 0.3 is 0 Å². The summed E-state index contributed by atoms with van der Waals surface area (Å²) in [6.45, 7) is 3.31. The number of hydrogen-bond acceptors (Lipinski definition) is 2. The van der Waals surface area contributed by atoms with Crippen molar-refractivity contribution in [3.63, 3.8) is 0 Å². The molecule has 0 saturated carbocycles. The number of H-pyrrole nitrogens is 1. The van der Waals surface area contributed by atoms with E-state index in [0.29, 0.717) is 36.6 Å². The molecule has 1 aliphatic rings. The van der Waals surface area contributed by atoms with Crippen LogP contribution in [0.5, 0.6) is 0 Å².